The maximum atomic E-state index is 12.8. The Bertz CT molecular complexity index is 841. The van der Waals surface area contributed by atoms with Crippen LogP contribution in [0.1, 0.15) is 5.56 Å². The van der Waals surface area contributed by atoms with Crippen molar-refractivity contribution < 1.29 is 17.9 Å². The zero-order chi connectivity index (χ0) is 18.4. The first-order valence-corrected chi connectivity index (χ1v) is 9.35. The Balaban J connectivity index is 2.34. The highest BCUT2D eigenvalue weighted by atomic mass is 35.5. The van der Waals surface area contributed by atoms with Gasteiger partial charge < -0.3 is 10.1 Å². The summed E-state index contributed by atoms with van der Waals surface area (Å²) < 4.78 is 33.0. The van der Waals surface area contributed by atoms with E-state index in [1.54, 1.807) is 0 Å². The molecule has 0 saturated heterocycles. The Kier molecular flexibility index (Phi) is 6.41. The number of carbonyl (C=O) groups excluding carboxylic acids is 1. The summed E-state index contributed by atoms with van der Waals surface area (Å²) in [6, 6.07) is 12.4. The lowest BCUT2D eigenvalue weighted by Gasteiger charge is -2.18. The summed E-state index contributed by atoms with van der Waals surface area (Å²) in [4.78, 5) is 12.0. The van der Waals surface area contributed by atoms with Crippen LogP contribution in [0, 0.1) is 0 Å². The van der Waals surface area contributed by atoms with Crippen LogP contribution in [0.4, 0.5) is 0 Å². The minimum absolute atomic E-state index is 0.121. The van der Waals surface area contributed by atoms with Crippen molar-refractivity contribution in [1.29, 1.82) is 0 Å². The first-order chi connectivity index (χ1) is 11.9. The fourth-order valence-corrected chi connectivity index (χ4v) is 3.95. The lowest BCUT2D eigenvalue weighted by atomic mass is 10.1. The van der Waals surface area contributed by atoms with Gasteiger partial charge in [0.25, 0.3) is 0 Å². The van der Waals surface area contributed by atoms with Gasteiger partial charge in [0.1, 0.15) is 16.7 Å². The average molecular weight is 383 g/mol. The number of carbonyl (C=O) groups is 1. The molecule has 6 nitrogen and oxygen atoms in total. The van der Waals surface area contributed by atoms with E-state index in [0.29, 0.717) is 0 Å². The van der Waals surface area contributed by atoms with Gasteiger partial charge in [0.05, 0.1) is 7.11 Å². The smallest absolute Gasteiger partial charge is 0.245 e. The van der Waals surface area contributed by atoms with E-state index in [1.807, 2.05) is 30.3 Å². The lowest BCUT2D eigenvalue weighted by molar-refractivity contribution is -0.122. The molecule has 0 fully saturated rings. The van der Waals surface area contributed by atoms with Gasteiger partial charge in [-0.3, -0.25) is 4.79 Å². The van der Waals surface area contributed by atoms with E-state index < -0.39 is 22.0 Å². The summed E-state index contributed by atoms with van der Waals surface area (Å²) in [5.41, 5.74) is 0.830. The summed E-state index contributed by atoms with van der Waals surface area (Å²) in [6.45, 7) is 0. The van der Waals surface area contributed by atoms with Crippen molar-refractivity contribution in [3.05, 3.63) is 59.1 Å². The average Bonchev–Trinajstić information content (AvgIpc) is 2.61. The molecule has 0 radical (unpaired) electrons. The maximum absolute atomic E-state index is 12.8. The second-order valence-electron chi connectivity index (χ2n) is 5.27. The van der Waals surface area contributed by atoms with E-state index in [2.05, 4.69) is 10.0 Å². The number of amides is 1. The molecule has 8 heteroatoms. The molecule has 2 rings (SSSR count). The number of likely N-dealkylation sites (N-methyl/N-ethyl adjacent to an activating group) is 1. The summed E-state index contributed by atoms with van der Waals surface area (Å²) >= 11 is 5.91. The molecular formula is C17H19ClN2O4S. The van der Waals surface area contributed by atoms with Crippen LogP contribution in [0.3, 0.4) is 0 Å². The molecule has 0 unspecified atom stereocenters. The Morgan fingerprint density at radius 3 is 2.48 bits per heavy atom. The molecule has 25 heavy (non-hydrogen) atoms. The first-order valence-electron chi connectivity index (χ1n) is 7.48. The van der Waals surface area contributed by atoms with Crippen molar-refractivity contribution in [2.45, 2.75) is 17.4 Å². The number of ether oxygens (including phenoxy) is 1. The predicted molar refractivity (Wildman–Crippen MR) is 96.3 cm³/mol. The van der Waals surface area contributed by atoms with Crippen molar-refractivity contribution in [3.63, 3.8) is 0 Å². The Labute approximate surface area is 152 Å². The van der Waals surface area contributed by atoms with Gasteiger partial charge in [0.15, 0.2) is 0 Å². The van der Waals surface area contributed by atoms with Gasteiger partial charge in [0.2, 0.25) is 15.9 Å². The molecule has 0 bridgehead atoms. The molecule has 0 heterocycles. The summed E-state index contributed by atoms with van der Waals surface area (Å²) in [5.74, 6) is -0.291. The van der Waals surface area contributed by atoms with Gasteiger partial charge in [0, 0.05) is 12.1 Å². The molecular weight excluding hydrogens is 364 g/mol. The van der Waals surface area contributed by atoms with Crippen LogP contribution in [-0.4, -0.2) is 34.5 Å². The molecule has 0 aromatic heterocycles. The first kappa shape index (κ1) is 19.2. The molecule has 134 valence electrons. The Morgan fingerprint density at radius 2 is 1.88 bits per heavy atom. The second kappa shape index (κ2) is 8.33. The van der Waals surface area contributed by atoms with Crippen LogP contribution in [-0.2, 0) is 21.2 Å². The van der Waals surface area contributed by atoms with E-state index in [-0.39, 0.29) is 22.1 Å². The van der Waals surface area contributed by atoms with Crippen molar-refractivity contribution in [2.75, 3.05) is 14.2 Å². The molecule has 1 amide bonds. The zero-order valence-corrected chi connectivity index (χ0v) is 15.4. The summed E-state index contributed by atoms with van der Waals surface area (Å²) in [7, 11) is -1.20. The van der Waals surface area contributed by atoms with Crippen LogP contribution >= 0.6 is 11.6 Å². The molecule has 2 aromatic carbocycles. The van der Waals surface area contributed by atoms with Crippen molar-refractivity contribution in [2.24, 2.45) is 0 Å². The van der Waals surface area contributed by atoms with Gasteiger partial charge in [-0.2, -0.15) is 4.72 Å². The van der Waals surface area contributed by atoms with Crippen LogP contribution in [0.25, 0.3) is 0 Å². The number of hydrogen-bond acceptors (Lipinski definition) is 4. The van der Waals surface area contributed by atoms with E-state index in [4.69, 9.17) is 16.3 Å². The van der Waals surface area contributed by atoms with Gasteiger partial charge >= 0.3 is 0 Å². The number of sulfonamides is 1. The number of methoxy groups -OCH3 is 1. The fourth-order valence-electron chi connectivity index (χ4n) is 2.32. The van der Waals surface area contributed by atoms with Crippen LogP contribution in [0.15, 0.2) is 53.4 Å². The Hall–Kier alpha value is -2.09. The molecule has 0 saturated carbocycles. The molecule has 0 aliphatic carbocycles. The van der Waals surface area contributed by atoms with Crippen LogP contribution in [0.5, 0.6) is 5.75 Å². The monoisotopic (exact) mass is 382 g/mol. The maximum Gasteiger partial charge on any atom is 0.245 e. The molecule has 2 aromatic rings. The SMILES string of the molecule is CNC(=O)[C@H](Cc1ccccc1)NS(=O)(=O)c1cc(Cl)ccc1OC. The predicted octanol–water partition coefficient (Wildman–Crippen LogP) is 1.98. The highest BCUT2D eigenvalue weighted by Gasteiger charge is 2.27. The minimum Gasteiger partial charge on any atom is -0.495 e. The number of hydrogen-bond donors (Lipinski definition) is 2. The van der Waals surface area contributed by atoms with E-state index in [0.717, 1.165) is 5.56 Å². The topological polar surface area (TPSA) is 84.5 Å². The number of halogens is 1. The van der Waals surface area contributed by atoms with Gasteiger partial charge in [-0.05, 0) is 30.2 Å². The summed E-state index contributed by atoms with van der Waals surface area (Å²) in [5, 5.41) is 2.73. The molecule has 0 spiro atoms. The third-order valence-corrected chi connectivity index (χ3v) is 5.29. The quantitative estimate of drug-likeness (QED) is 0.766. The molecule has 1 atom stereocenters. The highest BCUT2D eigenvalue weighted by molar-refractivity contribution is 7.89. The van der Waals surface area contributed by atoms with Crippen molar-refractivity contribution >= 4 is 27.5 Å². The third-order valence-electron chi connectivity index (χ3n) is 3.56. The van der Waals surface area contributed by atoms with Crippen LogP contribution in [0.2, 0.25) is 5.02 Å². The fraction of sp³-hybridized carbons (Fsp3) is 0.235. The van der Waals surface area contributed by atoms with Crippen molar-refractivity contribution in [1.82, 2.24) is 10.0 Å². The van der Waals surface area contributed by atoms with Crippen molar-refractivity contribution in [3.8, 4) is 5.75 Å². The molecule has 0 aliphatic heterocycles. The molecule has 2 N–H and O–H groups in total. The number of rotatable bonds is 7. The third kappa shape index (κ3) is 4.94. The van der Waals surface area contributed by atoms with Gasteiger partial charge in [-0.25, -0.2) is 8.42 Å². The molecule has 0 aliphatic rings. The van der Waals surface area contributed by atoms with E-state index in [1.165, 1.54) is 32.4 Å². The van der Waals surface area contributed by atoms with E-state index in [9.17, 15) is 13.2 Å². The van der Waals surface area contributed by atoms with Gasteiger partial charge in [-0.15, -0.1) is 0 Å². The zero-order valence-electron chi connectivity index (χ0n) is 13.8. The highest BCUT2D eigenvalue weighted by Crippen LogP contribution is 2.27. The largest absolute Gasteiger partial charge is 0.495 e. The Morgan fingerprint density at radius 1 is 1.20 bits per heavy atom. The normalized spacial score (nSPS) is 12.4. The number of nitrogens with one attached hydrogen (secondary N) is 2. The van der Waals surface area contributed by atoms with Crippen LogP contribution < -0.4 is 14.8 Å². The lowest BCUT2D eigenvalue weighted by Crippen LogP contribution is -2.47. The second-order valence-corrected chi connectivity index (χ2v) is 7.39. The number of benzene rings is 2. The standard InChI is InChI=1S/C17H19ClN2O4S/c1-19-17(21)14(10-12-6-4-3-5-7-12)20-25(22,23)16-11-13(18)8-9-15(16)24-2/h3-9,11,14,20H,10H2,1-2H3,(H,19,21)/t14-/m0/s1. The minimum atomic E-state index is -4.02. The van der Waals surface area contributed by atoms with Gasteiger partial charge in [-0.1, -0.05) is 41.9 Å². The summed E-state index contributed by atoms with van der Waals surface area (Å²) in [6.07, 6.45) is 0.211. The van der Waals surface area contributed by atoms with E-state index >= 15 is 0 Å².